The molecule has 1 heterocycles. The predicted octanol–water partition coefficient (Wildman–Crippen LogP) is 3.09. The molecule has 2 aromatic rings. The first-order chi connectivity index (χ1) is 8.72. The lowest BCUT2D eigenvalue weighted by Crippen LogP contribution is -2.28. The molecule has 3 heteroatoms. The van der Waals surface area contributed by atoms with Gasteiger partial charge in [0.05, 0.1) is 17.6 Å². The van der Waals surface area contributed by atoms with Crippen LogP contribution in [0.4, 0.5) is 0 Å². The van der Waals surface area contributed by atoms with E-state index in [0.717, 1.165) is 25.0 Å². The van der Waals surface area contributed by atoms with Gasteiger partial charge in [0, 0.05) is 12.1 Å². The van der Waals surface area contributed by atoms with Crippen molar-refractivity contribution < 1.29 is 0 Å². The smallest absolute Gasteiger partial charge is 0.123 e. The molecule has 1 aromatic heterocycles. The van der Waals surface area contributed by atoms with Gasteiger partial charge < -0.3 is 9.88 Å². The quantitative estimate of drug-likeness (QED) is 0.874. The molecule has 3 nitrogen and oxygen atoms in total. The van der Waals surface area contributed by atoms with Crippen molar-refractivity contribution in [1.82, 2.24) is 14.9 Å². The maximum atomic E-state index is 4.76. The lowest BCUT2D eigenvalue weighted by molar-refractivity contribution is 0.508. The van der Waals surface area contributed by atoms with Crippen molar-refractivity contribution in [2.24, 2.45) is 0 Å². The van der Waals surface area contributed by atoms with Gasteiger partial charge >= 0.3 is 0 Å². The zero-order chi connectivity index (χ0) is 12.6. The van der Waals surface area contributed by atoms with Gasteiger partial charge in [-0.3, -0.25) is 0 Å². The average Bonchev–Trinajstić information content (AvgIpc) is 3.01. The van der Waals surface area contributed by atoms with Crippen molar-refractivity contribution in [2.45, 2.75) is 51.7 Å². The highest BCUT2D eigenvalue weighted by atomic mass is 15.1. The number of aryl methyl sites for hydroxylation is 1. The van der Waals surface area contributed by atoms with Gasteiger partial charge in [-0.05, 0) is 38.3 Å². The topological polar surface area (TPSA) is 29.9 Å². The van der Waals surface area contributed by atoms with Gasteiger partial charge in [-0.1, -0.05) is 19.1 Å². The largest absolute Gasteiger partial charge is 0.327 e. The molecular formula is C15H21N3. The van der Waals surface area contributed by atoms with Gasteiger partial charge in [-0.25, -0.2) is 4.98 Å². The molecule has 0 radical (unpaired) electrons. The summed E-state index contributed by atoms with van der Waals surface area (Å²) < 4.78 is 2.36. The molecule has 1 saturated carbocycles. The number of rotatable bonds is 5. The molecule has 0 spiro atoms. The lowest BCUT2D eigenvalue weighted by atomic mass is 10.3. The van der Waals surface area contributed by atoms with Gasteiger partial charge in [0.2, 0.25) is 0 Å². The standard InChI is InChI=1S/C15H21N3/c1-3-10-18-13-7-5-4-6-12(13)17-14(18)11-16-15(2)8-9-15/h4-7,16H,3,8-11H2,1-2H3. The fourth-order valence-electron chi connectivity index (χ4n) is 2.39. The predicted molar refractivity (Wildman–Crippen MR) is 74.5 cm³/mol. The molecule has 0 saturated heterocycles. The van der Waals surface area contributed by atoms with Crippen LogP contribution >= 0.6 is 0 Å². The van der Waals surface area contributed by atoms with E-state index in [1.165, 1.54) is 24.2 Å². The second-order valence-electron chi connectivity index (χ2n) is 5.58. The van der Waals surface area contributed by atoms with Crippen LogP contribution in [-0.4, -0.2) is 15.1 Å². The molecule has 18 heavy (non-hydrogen) atoms. The Morgan fingerprint density at radius 1 is 1.33 bits per heavy atom. The molecule has 3 rings (SSSR count). The van der Waals surface area contributed by atoms with E-state index in [0.29, 0.717) is 5.54 Å². The average molecular weight is 243 g/mol. The monoisotopic (exact) mass is 243 g/mol. The first-order valence-corrected chi connectivity index (χ1v) is 6.91. The summed E-state index contributed by atoms with van der Waals surface area (Å²) in [4.78, 5) is 4.76. The Morgan fingerprint density at radius 2 is 2.11 bits per heavy atom. The maximum Gasteiger partial charge on any atom is 0.123 e. The molecule has 0 aliphatic heterocycles. The van der Waals surface area contributed by atoms with Crippen molar-refractivity contribution in [3.8, 4) is 0 Å². The van der Waals surface area contributed by atoms with Gasteiger partial charge in [0.15, 0.2) is 0 Å². The summed E-state index contributed by atoms with van der Waals surface area (Å²) in [5, 5.41) is 3.63. The molecular weight excluding hydrogens is 222 g/mol. The van der Waals surface area contributed by atoms with Crippen molar-refractivity contribution in [3.63, 3.8) is 0 Å². The van der Waals surface area contributed by atoms with Crippen molar-refractivity contribution in [3.05, 3.63) is 30.1 Å². The second kappa shape index (κ2) is 4.39. The first kappa shape index (κ1) is 11.7. The van der Waals surface area contributed by atoms with Crippen LogP contribution in [0.25, 0.3) is 11.0 Å². The molecule has 0 unspecified atom stereocenters. The van der Waals surface area contributed by atoms with Crippen LogP contribution in [-0.2, 0) is 13.1 Å². The maximum absolute atomic E-state index is 4.76. The molecule has 1 aromatic carbocycles. The van der Waals surface area contributed by atoms with Crippen LogP contribution in [0.2, 0.25) is 0 Å². The van der Waals surface area contributed by atoms with Crippen molar-refractivity contribution >= 4 is 11.0 Å². The van der Waals surface area contributed by atoms with Crippen LogP contribution in [0, 0.1) is 0 Å². The Kier molecular flexibility index (Phi) is 2.86. The Hall–Kier alpha value is -1.35. The third-order valence-electron chi connectivity index (χ3n) is 3.85. The summed E-state index contributed by atoms with van der Waals surface area (Å²) in [6.45, 7) is 6.44. The highest BCUT2D eigenvalue weighted by Crippen LogP contribution is 2.34. The Labute approximate surface area is 108 Å². The van der Waals surface area contributed by atoms with Gasteiger partial charge in [0.1, 0.15) is 5.82 Å². The van der Waals surface area contributed by atoms with E-state index in [-0.39, 0.29) is 0 Å². The number of nitrogens with one attached hydrogen (secondary N) is 1. The SMILES string of the molecule is CCCn1c(CNC2(C)CC2)nc2ccccc21. The number of hydrogen-bond donors (Lipinski definition) is 1. The van der Waals surface area contributed by atoms with Crippen molar-refractivity contribution in [1.29, 1.82) is 0 Å². The van der Waals surface area contributed by atoms with E-state index in [4.69, 9.17) is 4.98 Å². The number of para-hydroxylation sites is 2. The molecule has 1 aliphatic rings. The third-order valence-corrected chi connectivity index (χ3v) is 3.85. The molecule has 0 atom stereocenters. The zero-order valence-corrected chi connectivity index (χ0v) is 11.2. The number of imidazole rings is 1. The van der Waals surface area contributed by atoms with Gasteiger partial charge in [0.25, 0.3) is 0 Å². The summed E-state index contributed by atoms with van der Waals surface area (Å²) in [6, 6.07) is 8.42. The molecule has 1 aliphatic carbocycles. The van der Waals surface area contributed by atoms with Crippen molar-refractivity contribution in [2.75, 3.05) is 0 Å². The van der Waals surface area contributed by atoms with E-state index in [1.54, 1.807) is 0 Å². The first-order valence-electron chi connectivity index (χ1n) is 6.91. The number of hydrogen-bond acceptors (Lipinski definition) is 2. The zero-order valence-electron chi connectivity index (χ0n) is 11.2. The highest BCUT2D eigenvalue weighted by Gasteiger charge is 2.36. The fourth-order valence-corrected chi connectivity index (χ4v) is 2.39. The summed E-state index contributed by atoms with van der Waals surface area (Å²) in [7, 11) is 0. The summed E-state index contributed by atoms with van der Waals surface area (Å²) >= 11 is 0. The third kappa shape index (κ3) is 2.15. The summed E-state index contributed by atoms with van der Waals surface area (Å²) in [6.07, 6.45) is 3.73. The number of nitrogens with zero attached hydrogens (tertiary/aromatic N) is 2. The Morgan fingerprint density at radius 3 is 2.83 bits per heavy atom. The van der Waals surface area contributed by atoms with Crippen LogP contribution in [0.1, 0.15) is 38.9 Å². The Balaban J connectivity index is 1.91. The van der Waals surface area contributed by atoms with Gasteiger partial charge in [-0.2, -0.15) is 0 Å². The number of benzene rings is 1. The van der Waals surface area contributed by atoms with Crippen LogP contribution in [0.3, 0.4) is 0 Å². The van der Waals surface area contributed by atoms with E-state index >= 15 is 0 Å². The van der Waals surface area contributed by atoms with Crippen LogP contribution in [0.5, 0.6) is 0 Å². The molecule has 0 bridgehead atoms. The van der Waals surface area contributed by atoms with Crippen LogP contribution in [0.15, 0.2) is 24.3 Å². The normalized spacial score (nSPS) is 17.2. The van der Waals surface area contributed by atoms with E-state index in [9.17, 15) is 0 Å². The van der Waals surface area contributed by atoms with E-state index in [2.05, 4.69) is 48.0 Å². The second-order valence-corrected chi connectivity index (χ2v) is 5.58. The fraction of sp³-hybridized carbons (Fsp3) is 0.533. The molecule has 1 N–H and O–H groups in total. The molecule has 0 amide bonds. The van der Waals surface area contributed by atoms with Gasteiger partial charge in [-0.15, -0.1) is 0 Å². The van der Waals surface area contributed by atoms with Crippen LogP contribution < -0.4 is 5.32 Å². The summed E-state index contributed by atoms with van der Waals surface area (Å²) in [5.74, 6) is 1.17. The minimum Gasteiger partial charge on any atom is -0.327 e. The van der Waals surface area contributed by atoms with E-state index < -0.39 is 0 Å². The summed E-state index contributed by atoms with van der Waals surface area (Å²) in [5.41, 5.74) is 2.75. The minimum absolute atomic E-state index is 0.370. The molecule has 1 fully saturated rings. The highest BCUT2D eigenvalue weighted by molar-refractivity contribution is 5.75. The minimum atomic E-state index is 0.370. The molecule has 96 valence electrons. The Bertz CT molecular complexity index is 552. The number of fused-ring (bicyclic) bond motifs is 1. The lowest BCUT2D eigenvalue weighted by Gasteiger charge is -2.12. The number of aromatic nitrogens is 2. The van der Waals surface area contributed by atoms with E-state index in [1.807, 2.05) is 0 Å².